The summed E-state index contributed by atoms with van der Waals surface area (Å²) in [6, 6.07) is 8.55. The van der Waals surface area contributed by atoms with Crippen molar-refractivity contribution in [1.82, 2.24) is 4.90 Å². The van der Waals surface area contributed by atoms with Gasteiger partial charge in [-0.2, -0.15) is 0 Å². The highest BCUT2D eigenvalue weighted by Crippen LogP contribution is 2.34. The molecule has 1 aromatic carbocycles. The fourth-order valence-corrected chi connectivity index (χ4v) is 3.04. The monoisotopic (exact) mass is 307 g/mol. The number of hydrogen-bond acceptors (Lipinski definition) is 1. The highest BCUT2D eigenvalue weighted by atomic mass is 79.9. The van der Waals surface area contributed by atoms with E-state index in [4.69, 9.17) is 0 Å². The van der Waals surface area contributed by atoms with Gasteiger partial charge >= 0.3 is 0 Å². The molecule has 1 unspecified atom stereocenters. The van der Waals surface area contributed by atoms with Crippen LogP contribution in [0.15, 0.2) is 28.7 Å². The van der Waals surface area contributed by atoms with Crippen molar-refractivity contribution in [1.29, 1.82) is 0 Å². The molecule has 2 aliphatic rings. The van der Waals surface area contributed by atoms with Gasteiger partial charge in [0.15, 0.2) is 0 Å². The fourth-order valence-electron chi connectivity index (χ4n) is 2.77. The number of rotatable bonds is 2. The van der Waals surface area contributed by atoms with Gasteiger partial charge in [-0.15, -0.1) is 0 Å². The lowest BCUT2D eigenvalue weighted by Crippen LogP contribution is -2.39. The summed E-state index contributed by atoms with van der Waals surface area (Å²) in [7, 11) is 0. The van der Waals surface area contributed by atoms with E-state index in [1.165, 1.54) is 12.0 Å². The zero-order valence-corrected chi connectivity index (χ0v) is 12.0. The summed E-state index contributed by atoms with van der Waals surface area (Å²) in [5, 5.41) is 0. The van der Waals surface area contributed by atoms with Gasteiger partial charge < -0.3 is 4.90 Å². The number of likely N-dealkylation sites (tertiary alicyclic amines) is 1. The number of nitrogens with zero attached hydrogens (tertiary/aromatic N) is 1. The van der Waals surface area contributed by atoms with Gasteiger partial charge in [0, 0.05) is 29.4 Å². The number of amides is 1. The third-order valence-electron chi connectivity index (χ3n) is 4.00. The lowest BCUT2D eigenvalue weighted by atomic mass is 9.90. The Morgan fingerprint density at radius 1 is 1.17 bits per heavy atom. The van der Waals surface area contributed by atoms with E-state index >= 15 is 0 Å². The topological polar surface area (TPSA) is 20.3 Å². The van der Waals surface area contributed by atoms with Crippen molar-refractivity contribution in [2.75, 3.05) is 13.1 Å². The molecule has 0 N–H and O–H groups in total. The second kappa shape index (κ2) is 5.04. The van der Waals surface area contributed by atoms with Crippen molar-refractivity contribution in [2.45, 2.75) is 31.6 Å². The molecule has 1 amide bonds. The molecule has 18 heavy (non-hydrogen) atoms. The van der Waals surface area contributed by atoms with Gasteiger partial charge in [-0.05, 0) is 43.4 Å². The molecular weight excluding hydrogens is 290 g/mol. The summed E-state index contributed by atoms with van der Waals surface area (Å²) in [6.45, 7) is 1.87. The smallest absolute Gasteiger partial charge is 0.225 e. The Bertz CT molecular complexity index is 438. The Balaban J connectivity index is 1.69. The number of carbonyl (C=O) groups is 1. The molecule has 2 nitrogen and oxygen atoms in total. The van der Waals surface area contributed by atoms with Crippen molar-refractivity contribution in [3.8, 4) is 0 Å². The Morgan fingerprint density at radius 3 is 2.56 bits per heavy atom. The van der Waals surface area contributed by atoms with E-state index in [1.54, 1.807) is 0 Å². The molecule has 3 heteroatoms. The van der Waals surface area contributed by atoms with Crippen LogP contribution in [0.3, 0.4) is 0 Å². The number of hydrogen-bond donors (Lipinski definition) is 0. The molecule has 0 bridgehead atoms. The molecule has 1 aromatic rings. The minimum atomic E-state index is 0.355. The van der Waals surface area contributed by atoms with Crippen LogP contribution in [0.4, 0.5) is 0 Å². The Kier molecular flexibility index (Phi) is 3.42. The minimum absolute atomic E-state index is 0.355. The predicted octanol–water partition coefficient (Wildman–Crippen LogP) is 3.57. The summed E-state index contributed by atoms with van der Waals surface area (Å²) in [5.41, 5.74) is 1.37. The van der Waals surface area contributed by atoms with Crippen LogP contribution >= 0.6 is 15.9 Å². The van der Waals surface area contributed by atoms with Crippen LogP contribution in [0, 0.1) is 5.92 Å². The summed E-state index contributed by atoms with van der Waals surface area (Å²) >= 11 is 3.47. The van der Waals surface area contributed by atoms with Crippen LogP contribution in [-0.2, 0) is 4.79 Å². The SMILES string of the molecule is O=C(C1CC1)N1CCCC(c2ccc(Br)cc2)C1. The number of carbonyl (C=O) groups excluding carboxylic acids is 1. The van der Waals surface area contributed by atoms with E-state index in [1.807, 2.05) is 0 Å². The summed E-state index contributed by atoms with van der Waals surface area (Å²) < 4.78 is 1.12. The van der Waals surface area contributed by atoms with Gasteiger partial charge in [-0.1, -0.05) is 28.1 Å². The average Bonchev–Trinajstić information content (AvgIpc) is 3.23. The van der Waals surface area contributed by atoms with E-state index in [0.29, 0.717) is 17.7 Å². The molecule has 1 heterocycles. The molecule has 0 aromatic heterocycles. The highest BCUT2D eigenvalue weighted by Gasteiger charge is 2.35. The lowest BCUT2D eigenvalue weighted by Gasteiger charge is -2.33. The van der Waals surface area contributed by atoms with Crippen molar-refractivity contribution in [2.24, 2.45) is 5.92 Å². The van der Waals surface area contributed by atoms with Gasteiger partial charge in [0.25, 0.3) is 0 Å². The molecule has 3 rings (SSSR count). The van der Waals surface area contributed by atoms with Crippen molar-refractivity contribution in [3.63, 3.8) is 0 Å². The Hall–Kier alpha value is -0.830. The zero-order chi connectivity index (χ0) is 12.5. The average molecular weight is 308 g/mol. The van der Waals surface area contributed by atoms with Crippen LogP contribution in [0.1, 0.15) is 37.2 Å². The first-order valence-electron chi connectivity index (χ1n) is 6.78. The molecular formula is C15H18BrNO. The molecule has 1 saturated carbocycles. The van der Waals surface area contributed by atoms with Crippen LogP contribution in [-0.4, -0.2) is 23.9 Å². The van der Waals surface area contributed by atoms with Crippen LogP contribution < -0.4 is 0 Å². The van der Waals surface area contributed by atoms with E-state index in [-0.39, 0.29) is 0 Å². The van der Waals surface area contributed by atoms with Gasteiger partial charge in [0.1, 0.15) is 0 Å². The Labute approximate surface area is 116 Å². The molecule has 0 spiro atoms. The molecule has 96 valence electrons. The second-order valence-corrected chi connectivity index (χ2v) is 6.36. The molecule has 1 saturated heterocycles. The number of halogens is 1. The fraction of sp³-hybridized carbons (Fsp3) is 0.533. The zero-order valence-electron chi connectivity index (χ0n) is 10.4. The Morgan fingerprint density at radius 2 is 1.89 bits per heavy atom. The summed E-state index contributed by atoms with van der Waals surface area (Å²) in [6.07, 6.45) is 4.56. The van der Waals surface area contributed by atoms with E-state index in [0.717, 1.165) is 36.8 Å². The lowest BCUT2D eigenvalue weighted by molar-refractivity contribution is -0.133. The summed E-state index contributed by atoms with van der Waals surface area (Å²) in [4.78, 5) is 14.2. The third-order valence-corrected chi connectivity index (χ3v) is 4.53. The van der Waals surface area contributed by atoms with Crippen LogP contribution in [0.2, 0.25) is 0 Å². The largest absolute Gasteiger partial charge is 0.342 e. The first-order chi connectivity index (χ1) is 8.74. The summed E-state index contributed by atoms with van der Waals surface area (Å²) in [5.74, 6) is 1.28. The standard InChI is InChI=1S/C15H18BrNO/c16-14-7-5-11(6-8-14)13-2-1-9-17(10-13)15(18)12-3-4-12/h5-8,12-13H,1-4,9-10H2. The van der Waals surface area contributed by atoms with Crippen molar-refractivity contribution < 1.29 is 4.79 Å². The molecule has 1 atom stereocenters. The van der Waals surface area contributed by atoms with Gasteiger partial charge in [-0.25, -0.2) is 0 Å². The minimum Gasteiger partial charge on any atom is -0.342 e. The first kappa shape index (κ1) is 12.2. The molecule has 1 aliphatic heterocycles. The maximum atomic E-state index is 12.1. The maximum absolute atomic E-state index is 12.1. The maximum Gasteiger partial charge on any atom is 0.225 e. The quantitative estimate of drug-likeness (QED) is 0.818. The normalized spacial score (nSPS) is 24.1. The molecule has 2 fully saturated rings. The second-order valence-electron chi connectivity index (χ2n) is 5.45. The van der Waals surface area contributed by atoms with Crippen LogP contribution in [0.5, 0.6) is 0 Å². The molecule has 0 radical (unpaired) electrons. The van der Waals surface area contributed by atoms with Gasteiger partial charge in [-0.3, -0.25) is 4.79 Å². The van der Waals surface area contributed by atoms with E-state index < -0.39 is 0 Å². The van der Waals surface area contributed by atoms with Crippen molar-refractivity contribution >= 4 is 21.8 Å². The first-order valence-corrected chi connectivity index (χ1v) is 7.57. The highest BCUT2D eigenvalue weighted by molar-refractivity contribution is 9.10. The third kappa shape index (κ3) is 2.61. The predicted molar refractivity (Wildman–Crippen MR) is 75.4 cm³/mol. The van der Waals surface area contributed by atoms with Gasteiger partial charge in [0.2, 0.25) is 5.91 Å². The van der Waals surface area contributed by atoms with Gasteiger partial charge in [0.05, 0.1) is 0 Å². The molecule has 1 aliphatic carbocycles. The number of benzene rings is 1. The number of piperidine rings is 1. The van der Waals surface area contributed by atoms with E-state index in [9.17, 15) is 4.79 Å². The van der Waals surface area contributed by atoms with E-state index in [2.05, 4.69) is 45.1 Å². The van der Waals surface area contributed by atoms with Crippen molar-refractivity contribution in [3.05, 3.63) is 34.3 Å². The van der Waals surface area contributed by atoms with Crippen LogP contribution in [0.25, 0.3) is 0 Å².